The van der Waals surface area contributed by atoms with Crippen molar-refractivity contribution >= 4 is 32.7 Å². The molecule has 0 saturated heterocycles. The molecule has 0 bridgehead atoms. The van der Waals surface area contributed by atoms with Gasteiger partial charge in [0, 0.05) is 22.8 Å². The Hall–Kier alpha value is -1.81. The van der Waals surface area contributed by atoms with Gasteiger partial charge >= 0.3 is 0 Å². The fourth-order valence-electron chi connectivity index (χ4n) is 1.91. The zero-order chi connectivity index (χ0) is 12.5. The Morgan fingerprint density at radius 3 is 2.61 bits per heavy atom. The molecule has 0 aliphatic rings. The Bertz CT molecular complexity index is 686. The second-order valence-corrected chi connectivity index (χ2v) is 4.99. The van der Waals surface area contributed by atoms with E-state index in [2.05, 4.69) is 43.3 Å². The van der Waals surface area contributed by atoms with Crippen molar-refractivity contribution < 1.29 is 0 Å². The van der Waals surface area contributed by atoms with E-state index < -0.39 is 0 Å². The van der Waals surface area contributed by atoms with E-state index in [0.29, 0.717) is 0 Å². The number of hydrogen-bond donors (Lipinski definition) is 2. The zero-order valence-corrected chi connectivity index (χ0v) is 11.5. The maximum atomic E-state index is 4.58. The molecule has 1 aromatic heterocycles. The summed E-state index contributed by atoms with van der Waals surface area (Å²) in [7, 11) is 1.91. The number of imidazole rings is 1. The van der Waals surface area contributed by atoms with Gasteiger partial charge in [-0.15, -0.1) is 0 Å². The van der Waals surface area contributed by atoms with Crippen LogP contribution in [0.4, 0.5) is 5.69 Å². The highest BCUT2D eigenvalue weighted by atomic mass is 79.9. The summed E-state index contributed by atoms with van der Waals surface area (Å²) in [5.74, 6) is 0.894. The van der Waals surface area contributed by atoms with Crippen molar-refractivity contribution in [3.05, 3.63) is 46.9 Å². The number of fused-ring (bicyclic) bond motifs is 1. The first-order chi connectivity index (χ1) is 8.76. The lowest BCUT2D eigenvalue weighted by Gasteiger charge is -2.00. The number of nitrogens with one attached hydrogen (secondary N) is 2. The van der Waals surface area contributed by atoms with E-state index in [0.717, 1.165) is 32.6 Å². The van der Waals surface area contributed by atoms with Crippen molar-refractivity contribution in [1.29, 1.82) is 0 Å². The standard InChI is InChI=1S/C14H12BrN3/c1-16-11-5-2-9(3-6-11)14-17-12-7-4-10(15)8-13(12)18-14/h2-8,16H,1H3,(H,17,18). The number of benzene rings is 2. The van der Waals surface area contributed by atoms with Crippen LogP contribution in [-0.4, -0.2) is 17.0 Å². The molecule has 2 aromatic carbocycles. The maximum absolute atomic E-state index is 4.58. The molecule has 1 heterocycles. The van der Waals surface area contributed by atoms with Crippen molar-refractivity contribution in [3.8, 4) is 11.4 Å². The number of aromatic nitrogens is 2. The molecule has 3 aromatic rings. The molecule has 90 valence electrons. The fourth-order valence-corrected chi connectivity index (χ4v) is 2.27. The van der Waals surface area contributed by atoms with E-state index in [1.807, 2.05) is 37.4 Å². The van der Waals surface area contributed by atoms with Gasteiger partial charge in [0.15, 0.2) is 0 Å². The minimum atomic E-state index is 0.894. The van der Waals surface area contributed by atoms with Crippen molar-refractivity contribution in [2.45, 2.75) is 0 Å². The highest BCUT2D eigenvalue weighted by molar-refractivity contribution is 9.10. The molecule has 0 aliphatic carbocycles. The molecular weight excluding hydrogens is 290 g/mol. The van der Waals surface area contributed by atoms with Crippen LogP contribution in [-0.2, 0) is 0 Å². The highest BCUT2D eigenvalue weighted by Gasteiger charge is 2.05. The average Bonchev–Trinajstić information content (AvgIpc) is 2.81. The van der Waals surface area contributed by atoms with Crippen molar-refractivity contribution in [2.24, 2.45) is 0 Å². The van der Waals surface area contributed by atoms with Gasteiger partial charge in [-0.3, -0.25) is 0 Å². The predicted molar refractivity (Wildman–Crippen MR) is 78.8 cm³/mol. The van der Waals surface area contributed by atoms with E-state index in [9.17, 15) is 0 Å². The van der Waals surface area contributed by atoms with Crippen molar-refractivity contribution in [3.63, 3.8) is 0 Å². The molecule has 18 heavy (non-hydrogen) atoms. The van der Waals surface area contributed by atoms with Crippen LogP contribution >= 0.6 is 15.9 Å². The summed E-state index contributed by atoms with van der Waals surface area (Å²) in [6, 6.07) is 14.2. The molecule has 2 N–H and O–H groups in total. The maximum Gasteiger partial charge on any atom is 0.138 e. The van der Waals surface area contributed by atoms with Crippen molar-refractivity contribution in [1.82, 2.24) is 9.97 Å². The van der Waals surface area contributed by atoms with Crippen LogP contribution in [0.15, 0.2) is 46.9 Å². The van der Waals surface area contributed by atoms with Crippen LogP contribution in [0.5, 0.6) is 0 Å². The van der Waals surface area contributed by atoms with Gasteiger partial charge in [-0.2, -0.15) is 0 Å². The van der Waals surface area contributed by atoms with Gasteiger partial charge in [0.05, 0.1) is 11.0 Å². The monoisotopic (exact) mass is 301 g/mol. The molecule has 4 heteroatoms. The van der Waals surface area contributed by atoms with Gasteiger partial charge in [-0.05, 0) is 42.5 Å². The van der Waals surface area contributed by atoms with E-state index in [4.69, 9.17) is 0 Å². The Kier molecular flexibility index (Phi) is 2.80. The minimum absolute atomic E-state index is 0.894. The molecule has 0 atom stereocenters. The average molecular weight is 302 g/mol. The molecule has 0 amide bonds. The minimum Gasteiger partial charge on any atom is -0.388 e. The summed E-state index contributed by atoms with van der Waals surface area (Å²) in [6.07, 6.45) is 0. The number of anilines is 1. The number of aromatic amines is 1. The van der Waals surface area contributed by atoms with E-state index in [-0.39, 0.29) is 0 Å². The molecular formula is C14H12BrN3. The third-order valence-corrected chi connectivity index (χ3v) is 3.38. The smallest absolute Gasteiger partial charge is 0.138 e. The van der Waals surface area contributed by atoms with Crippen LogP contribution in [0.1, 0.15) is 0 Å². The first kappa shape index (κ1) is 11.3. The Balaban J connectivity index is 2.07. The SMILES string of the molecule is CNc1ccc(-c2nc3ccc(Br)cc3[nH]2)cc1. The van der Waals surface area contributed by atoms with Crippen LogP contribution < -0.4 is 5.32 Å². The van der Waals surface area contributed by atoms with Crippen LogP contribution in [0.25, 0.3) is 22.4 Å². The molecule has 3 nitrogen and oxygen atoms in total. The van der Waals surface area contributed by atoms with Gasteiger partial charge in [0.2, 0.25) is 0 Å². The van der Waals surface area contributed by atoms with E-state index in [1.54, 1.807) is 0 Å². The normalized spacial score (nSPS) is 10.8. The number of nitrogens with zero attached hydrogens (tertiary/aromatic N) is 1. The lowest BCUT2D eigenvalue weighted by atomic mass is 10.2. The molecule has 0 saturated carbocycles. The molecule has 3 rings (SSSR count). The molecule has 0 radical (unpaired) electrons. The zero-order valence-electron chi connectivity index (χ0n) is 9.87. The summed E-state index contributed by atoms with van der Waals surface area (Å²) >= 11 is 3.46. The predicted octanol–water partition coefficient (Wildman–Crippen LogP) is 4.03. The molecule has 0 spiro atoms. The van der Waals surface area contributed by atoms with Crippen LogP contribution in [0.3, 0.4) is 0 Å². The number of halogens is 1. The second kappa shape index (κ2) is 4.46. The third kappa shape index (κ3) is 1.99. The lowest BCUT2D eigenvalue weighted by molar-refractivity contribution is 1.33. The summed E-state index contributed by atoms with van der Waals surface area (Å²) in [6.45, 7) is 0. The number of rotatable bonds is 2. The van der Waals surface area contributed by atoms with E-state index >= 15 is 0 Å². The molecule has 0 fully saturated rings. The quantitative estimate of drug-likeness (QED) is 0.750. The lowest BCUT2D eigenvalue weighted by Crippen LogP contribution is -1.87. The van der Waals surface area contributed by atoms with Crippen LogP contribution in [0, 0.1) is 0 Å². The van der Waals surface area contributed by atoms with Gasteiger partial charge in [0.25, 0.3) is 0 Å². The van der Waals surface area contributed by atoms with Gasteiger partial charge in [0.1, 0.15) is 5.82 Å². The Morgan fingerprint density at radius 2 is 1.89 bits per heavy atom. The Morgan fingerprint density at radius 1 is 1.11 bits per heavy atom. The first-order valence-corrected chi connectivity index (χ1v) is 6.49. The highest BCUT2D eigenvalue weighted by Crippen LogP contribution is 2.23. The van der Waals surface area contributed by atoms with Crippen molar-refractivity contribution in [2.75, 3.05) is 12.4 Å². The van der Waals surface area contributed by atoms with Gasteiger partial charge in [-0.1, -0.05) is 15.9 Å². The summed E-state index contributed by atoms with van der Waals surface area (Å²) in [5.41, 5.74) is 4.20. The first-order valence-electron chi connectivity index (χ1n) is 5.70. The largest absolute Gasteiger partial charge is 0.388 e. The third-order valence-electron chi connectivity index (χ3n) is 2.89. The van der Waals surface area contributed by atoms with Gasteiger partial charge < -0.3 is 10.3 Å². The van der Waals surface area contributed by atoms with E-state index in [1.165, 1.54) is 0 Å². The van der Waals surface area contributed by atoms with Gasteiger partial charge in [-0.25, -0.2) is 4.98 Å². The summed E-state index contributed by atoms with van der Waals surface area (Å²) < 4.78 is 1.05. The topological polar surface area (TPSA) is 40.7 Å². The second-order valence-electron chi connectivity index (χ2n) is 4.07. The Labute approximate surface area is 113 Å². The molecule has 0 aliphatic heterocycles. The molecule has 0 unspecified atom stereocenters. The summed E-state index contributed by atoms with van der Waals surface area (Å²) in [4.78, 5) is 7.91. The fraction of sp³-hybridized carbons (Fsp3) is 0.0714. The van der Waals surface area contributed by atoms with Crippen LogP contribution in [0.2, 0.25) is 0 Å². The number of hydrogen-bond acceptors (Lipinski definition) is 2. The number of H-pyrrole nitrogens is 1. The summed E-state index contributed by atoms with van der Waals surface area (Å²) in [5, 5.41) is 3.10.